The number of nitrogens with zero attached hydrogens (tertiary/aromatic N) is 1. The number of anilines is 2. The van der Waals surface area contributed by atoms with Crippen LogP contribution in [0.15, 0.2) is 18.2 Å². The van der Waals surface area contributed by atoms with Gasteiger partial charge in [-0.15, -0.1) is 0 Å². The minimum absolute atomic E-state index is 0.0895. The van der Waals surface area contributed by atoms with E-state index in [1.165, 1.54) is 23.1 Å². The molecule has 0 spiro atoms. The van der Waals surface area contributed by atoms with E-state index in [1.54, 1.807) is 0 Å². The maximum Gasteiger partial charge on any atom is 0.321 e. The highest BCUT2D eigenvalue weighted by Gasteiger charge is 2.36. The zero-order valence-electron chi connectivity index (χ0n) is 13.8. The molecule has 2 atom stereocenters. The first kappa shape index (κ1) is 16.7. The van der Waals surface area contributed by atoms with Gasteiger partial charge in [0, 0.05) is 25.4 Å². The molecule has 2 N–H and O–H groups in total. The molecule has 2 heterocycles. The Balaban J connectivity index is 1.77. The largest absolute Gasteiger partial charge is 0.377 e. The van der Waals surface area contributed by atoms with Crippen LogP contribution < -0.4 is 15.5 Å². The number of halogens is 1. The fourth-order valence-electron chi connectivity index (χ4n) is 3.27. The highest BCUT2D eigenvalue weighted by atomic mass is 19.1. The van der Waals surface area contributed by atoms with Crippen molar-refractivity contribution < 1.29 is 18.7 Å². The number of amides is 3. The zero-order valence-corrected chi connectivity index (χ0v) is 13.8. The van der Waals surface area contributed by atoms with Crippen molar-refractivity contribution in [1.29, 1.82) is 0 Å². The van der Waals surface area contributed by atoms with Crippen LogP contribution in [0.25, 0.3) is 0 Å². The van der Waals surface area contributed by atoms with E-state index in [1.807, 2.05) is 13.8 Å². The lowest BCUT2D eigenvalue weighted by Crippen LogP contribution is -2.33. The fraction of sp³-hybridized carbons (Fsp3) is 0.529. The molecule has 3 amide bonds. The third-order valence-corrected chi connectivity index (χ3v) is 4.51. The number of ether oxygens (including phenoxy) is 1. The molecule has 2 fully saturated rings. The third kappa shape index (κ3) is 3.21. The molecule has 130 valence electrons. The Morgan fingerprint density at radius 2 is 2.25 bits per heavy atom. The van der Waals surface area contributed by atoms with E-state index < -0.39 is 5.82 Å². The summed E-state index contributed by atoms with van der Waals surface area (Å²) in [5.74, 6) is -0.837. The molecule has 0 radical (unpaired) electrons. The summed E-state index contributed by atoms with van der Waals surface area (Å²) < 4.78 is 19.7. The van der Waals surface area contributed by atoms with E-state index in [0.717, 1.165) is 0 Å². The van der Waals surface area contributed by atoms with Gasteiger partial charge < -0.3 is 15.4 Å². The lowest BCUT2D eigenvalue weighted by Gasteiger charge is -2.22. The standard InChI is InChI=1S/C17H22FN3O3/c1-10(2)15-12(5-8-24-15)16(22)20-14-9-11(3-4-13(14)18)21-7-6-19-17(21)23/h3-4,9-10,12,15H,5-8H2,1-2H3,(H,19,23)(H,20,22)/t12-,15+/m1/s1. The van der Waals surface area contributed by atoms with E-state index in [4.69, 9.17) is 4.74 Å². The van der Waals surface area contributed by atoms with E-state index >= 15 is 0 Å². The molecule has 0 aliphatic carbocycles. The van der Waals surface area contributed by atoms with Crippen LogP contribution in [0.3, 0.4) is 0 Å². The van der Waals surface area contributed by atoms with Crippen LogP contribution in [0.5, 0.6) is 0 Å². The van der Waals surface area contributed by atoms with E-state index in [9.17, 15) is 14.0 Å². The summed E-state index contributed by atoms with van der Waals surface area (Å²) >= 11 is 0. The minimum Gasteiger partial charge on any atom is -0.377 e. The molecule has 2 saturated heterocycles. The Bertz CT molecular complexity index is 650. The normalized spacial score (nSPS) is 23.7. The molecule has 1 aromatic carbocycles. The highest BCUT2D eigenvalue weighted by molar-refractivity contribution is 5.97. The second-order valence-corrected chi connectivity index (χ2v) is 6.51. The van der Waals surface area contributed by atoms with Gasteiger partial charge in [-0.3, -0.25) is 9.69 Å². The Labute approximate surface area is 140 Å². The lowest BCUT2D eigenvalue weighted by atomic mass is 9.92. The number of hydrogen-bond donors (Lipinski definition) is 2. The molecule has 7 heteroatoms. The number of urea groups is 1. The summed E-state index contributed by atoms with van der Waals surface area (Å²) in [5.41, 5.74) is 0.649. The molecule has 0 saturated carbocycles. The number of carbonyl (C=O) groups excluding carboxylic acids is 2. The second-order valence-electron chi connectivity index (χ2n) is 6.51. The van der Waals surface area contributed by atoms with Crippen LogP contribution in [-0.4, -0.2) is 37.7 Å². The highest BCUT2D eigenvalue weighted by Crippen LogP contribution is 2.29. The van der Waals surface area contributed by atoms with Crippen LogP contribution >= 0.6 is 0 Å². The van der Waals surface area contributed by atoms with Crippen molar-refractivity contribution in [1.82, 2.24) is 5.32 Å². The Kier molecular flexibility index (Phi) is 4.71. The number of nitrogens with one attached hydrogen (secondary N) is 2. The summed E-state index contributed by atoms with van der Waals surface area (Å²) in [6.07, 6.45) is 0.477. The summed E-state index contributed by atoms with van der Waals surface area (Å²) in [6, 6.07) is 4.08. The monoisotopic (exact) mass is 335 g/mol. The number of carbonyl (C=O) groups is 2. The predicted octanol–water partition coefficient (Wildman–Crippen LogP) is 2.35. The average Bonchev–Trinajstić information content (AvgIpc) is 3.18. The first-order valence-electron chi connectivity index (χ1n) is 8.24. The average molecular weight is 335 g/mol. The van der Waals surface area contributed by atoms with Gasteiger partial charge >= 0.3 is 6.03 Å². The number of hydrogen-bond acceptors (Lipinski definition) is 3. The van der Waals surface area contributed by atoms with E-state index in [-0.39, 0.29) is 35.6 Å². The molecular formula is C17H22FN3O3. The van der Waals surface area contributed by atoms with Gasteiger partial charge in [0.25, 0.3) is 0 Å². The van der Waals surface area contributed by atoms with Crippen molar-refractivity contribution in [3.63, 3.8) is 0 Å². The van der Waals surface area contributed by atoms with Crippen LogP contribution in [-0.2, 0) is 9.53 Å². The van der Waals surface area contributed by atoms with Gasteiger partial charge in [-0.2, -0.15) is 0 Å². The summed E-state index contributed by atoms with van der Waals surface area (Å²) in [7, 11) is 0. The van der Waals surface area contributed by atoms with E-state index in [2.05, 4.69) is 10.6 Å². The van der Waals surface area contributed by atoms with Gasteiger partial charge in [-0.1, -0.05) is 13.8 Å². The maximum absolute atomic E-state index is 14.1. The van der Waals surface area contributed by atoms with Gasteiger partial charge in [0.2, 0.25) is 5.91 Å². The number of benzene rings is 1. The molecule has 6 nitrogen and oxygen atoms in total. The third-order valence-electron chi connectivity index (χ3n) is 4.51. The van der Waals surface area contributed by atoms with E-state index in [0.29, 0.717) is 31.8 Å². The van der Waals surface area contributed by atoms with Crippen molar-refractivity contribution in [3.8, 4) is 0 Å². The van der Waals surface area contributed by atoms with Gasteiger partial charge in [0.15, 0.2) is 0 Å². The fourth-order valence-corrected chi connectivity index (χ4v) is 3.27. The minimum atomic E-state index is -0.522. The maximum atomic E-state index is 14.1. The summed E-state index contributed by atoms with van der Waals surface area (Å²) in [5, 5.41) is 5.36. The molecule has 0 aromatic heterocycles. The van der Waals surface area contributed by atoms with Crippen LogP contribution in [0.1, 0.15) is 20.3 Å². The van der Waals surface area contributed by atoms with Crippen molar-refractivity contribution >= 4 is 23.3 Å². The SMILES string of the molecule is CC(C)[C@@H]1OCC[C@H]1C(=O)Nc1cc(N2CCNC2=O)ccc1F. The second kappa shape index (κ2) is 6.76. The smallest absolute Gasteiger partial charge is 0.321 e. The topological polar surface area (TPSA) is 70.7 Å². The molecule has 24 heavy (non-hydrogen) atoms. The Morgan fingerprint density at radius 1 is 1.46 bits per heavy atom. The molecular weight excluding hydrogens is 313 g/mol. The van der Waals surface area contributed by atoms with Crippen molar-refractivity contribution in [2.45, 2.75) is 26.4 Å². The van der Waals surface area contributed by atoms with Crippen LogP contribution in [0.2, 0.25) is 0 Å². The Hall–Kier alpha value is -2.15. The molecule has 2 aliphatic heterocycles. The van der Waals surface area contributed by atoms with Gasteiger partial charge in [-0.05, 0) is 30.5 Å². The molecule has 2 aliphatic rings. The van der Waals surface area contributed by atoms with Crippen molar-refractivity contribution in [3.05, 3.63) is 24.0 Å². The van der Waals surface area contributed by atoms with Crippen molar-refractivity contribution in [2.24, 2.45) is 11.8 Å². The zero-order chi connectivity index (χ0) is 17.3. The first-order chi connectivity index (χ1) is 11.5. The predicted molar refractivity (Wildman–Crippen MR) is 88.5 cm³/mol. The van der Waals surface area contributed by atoms with Crippen LogP contribution in [0, 0.1) is 17.7 Å². The summed E-state index contributed by atoms with van der Waals surface area (Å²) in [6.45, 7) is 5.61. The van der Waals surface area contributed by atoms with Crippen LogP contribution in [0.4, 0.5) is 20.6 Å². The number of rotatable bonds is 4. The van der Waals surface area contributed by atoms with Gasteiger partial charge in [-0.25, -0.2) is 9.18 Å². The van der Waals surface area contributed by atoms with Crippen molar-refractivity contribution in [2.75, 3.05) is 29.9 Å². The van der Waals surface area contributed by atoms with Gasteiger partial charge in [0.05, 0.1) is 17.7 Å². The summed E-state index contributed by atoms with van der Waals surface area (Å²) in [4.78, 5) is 25.8. The quantitative estimate of drug-likeness (QED) is 0.887. The lowest BCUT2D eigenvalue weighted by molar-refractivity contribution is -0.122. The first-order valence-corrected chi connectivity index (χ1v) is 8.24. The molecule has 1 aromatic rings. The molecule has 0 unspecified atom stereocenters. The molecule has 3 rings (SSSR count). The van der Waals surface area contributed by atoms with Gasteiger partial charge in [0.1, 0.15) is 5.82 Å². The Morgan fingerprint density at radius 3 is 2.92 bits per heavy atom. The molecule has 0 bridgehead atoms.